The van der Waals surface area contributed by atoms with E-state index in [1.54, 1.807) is 35.9 Å². The molecule has 0 aliphatic rings. The summed E-state index contributed by atoms with van der Waals surface area (Å²) in [5.41, 5.74) is 9.03. The fourth-order valence-corrected chi connectivity index (χ4v) is 1.44. The average Bonchev–Trinajstić information content (AvgIpc) is 2.86. The summed E-state index contributed by atoms with van der Waals surface area (Å²) in [6.07, 6.45) is 0. The van der Waals surface area contributed by atoms with Gasteiger partial charge in [-0.25, -0.2) is 0 Å². The van der Waals surface area contributed by atoms with Gasteiger partial charge in [-0.1, -0.05) is 6.07 Å². The van der Waals surface area contributed by atoms with Crippen molar-refractivity contribution in [2.75, 3.05) is 5.43 Å². The van der Waals surface area contributed by atoms with Crippen molar-refractivity contribution in [3.63, 3.8) is 0 Å². The van der Waals surface area contributed by atoms with Crippen molar-refractivity contribution in [2.24, 2.45) is 10.8 Å². The topological polar surface area (TPSA) is 142 Å². The second-order valence-corrected chi connectivity index (χ2v) is 3.79. The van der Waals surface area contributed by atoms with Crippen molar-refractivity contribution in [3.05, 3.63) is 30.1 Å². The van der Waals surface area contributed by atoms with Crippen LogP contribution in [0.4, 0.5) is 5.69 Å². The van der Waals surface area contributed by atoms with Gasteiger partial charge < -0.3 is 5.73 Å². The molecule has 2 aromatic rings. The molecule has 9 nitrogen and oxygen atoms in total. The van der Waals surface area contributed by atoms with Gasteiger partial charge in [-0.3, -0.25) is 10.8 Å². The Morgan fingerprint density at radius 1 is 1.55 bits per heavy atom. The number of nitriles is 1. The summed E-state index contributed by atoms with van der Waals surface area (Å²) in [4.78, 5) is 0. The molecule has 20 heavy (non-hydrogen) atoms. The zero-order chi connectivity index (χ0) is 14.5. The molecule has 2 rings (SSSR count). The Hall–Kier alpha value is -3.28. The van der Waals surface area contributed by atoms with Gasteiger partial charge >= 0.3 is 0 Å². The lowest BCUT2D eigenvalue weighted by Gasteiger charge is -2.05. The van der Waals surface area contributed by atoms with Crippen LogP contribution in [-0.2, 0) is 0 Å². The molecule has 0 saturated carbocycles. The zero-order valence-corrected chi connectivity index (χ0v) is 10.6. The fraction of sp³-hybridized carbons (Fsp3) is 0.0909. The summed E-state index contributed by atoms with van der Waals surface area (Å²) < 4.78 is 1.56. The molecule has 0 spiro atoms. The van der Waals surface area contributed by atoms with Crippen molar-refractivity contribution in [2.45, 2.75) is 6.92 Å². The Labute approximate surface area is 114 Å². The van der Waals surface area contributed by atoms with E-state index in [-0.39, 0.29) is 5.71 Å². The number of tetrazole rings is 1. The van der Waals surface area contributed by atoms with Crippen LogP contribution in [0.25, 0.3) is 5.69 Å². The lowest BCUT2D eigenvalue weighted by Crippen LogP contribution is -2.21. The minimum atomic E-state index is -0.396. The molecule has 0 aliphatic carbocycles. The number of aromatic nitrogens is 4. The molecule has 1 aromatic heterocycles. The third kappa shape index (κ3) is 2.75. The minimum Gasteiger partial charge on any atom is -0.382 e. The quantitative estimate of drug-likeness (QED) is 0.411. The number of hydrazone groups is 1. The Morgan fingerprint density at radius 3 is 2.95 bits per heavy atom. The Balaban J connectivity index is 2.26. The first kappa shape index (κ1) is 13.2. The van der Waals surface area contributed by atoms with Crippen LogP contribution in [0.15, 0.2) is 29.4 Å². The van der Waals surface area contributed by atoms with E-state index in [2.05, 4.69) is 26.1 Å². The first-order chi connectivity index (χ1) is 9.61. The molecule has 100 valence electrons. The normalized spacial score (nSPS) is 10.9. The van der Waals surface area contributed by atoms with Crippen LogP contribution in [0.3, 0.4) is 0 Å². The number of nitrogens with zero attached hydrogens (tertiary/aromatic N) is 6. The third-order valence-corrected chi connectivity index (χ3v) is 2.37. The molecule has 0 atom stereocenters. The number of hydrogen-bond donors (Lipinski definition) is 3. The van der Waals surface area contributed by atoms with Crippen LogP contribution in [-0.4, -0.2) is 31.8 Å². The molecule has 0 radical (unpaired) electrons. The van der Waals surface area contributed by atoms with E-state index in [4.69, 9.17) is 16.4 Å². The van der Waals surface area contributed by atoms with E-state index in [0.717, 1.165) is 5.69 Å². The van der Waals surface area contributed by atoms with Gasteiger partial charge in [0.15, 0.2) is 11.7 Å². The van der Waals surface area contributed by atoms with Gasteiger partial charge in [0.05, 0.1) is 11.4 Å². The summed E-state index contributed by atoms with van der Waals surface area (Å²) in [5.74, 6) is 0.250. The second kappa shape index (κ2) is 5.57. The summed E-state index contributed by atoms with van der Waals surface area (Å²) >= 11 is 0. The van der Waals surface area contributed by atoms with Crippen LogP contribution < -0.4 is 11.2 Å². The highest BCUT2D eigenvalue weighted by molar-refractivity contribution is 6.45. The maximum Gasteiger partial charge on any atom is 0.201 e. The largest absolute Gasteiger partial charge is 0.382 e. The van der Waals surface area contributed by atoms with E-state index in [1.165, 1.54) is 0 Å². The molecule has 1 aromatic carbocycles. The number of hydrogen-bond acceptors (Lipinski definition) is 7. The summed E-state index contributed by atoms with van der Waals surface area (Å²) in [6.45, 7) is 1.78. The van der Waals surface area contributed by atoms with Gasteiger partial charge in [-0.15, -0.1) is 5.10 Å². The molecule has 0 fully saturated rings. The lowest BCUT2D eigenvalue weighted by atomic mass is 10.3. The molecule has 0 saturated heterocycles. The van der Waals surface area contributed by atoms with E-state index < -0.39 is 5.84 Å². The van der Waals surface area contributed by atoms with Gasteiger partial charge in [0.1, 0.15) is 6.07 Å². The Bertz CT molecular complexity index is 707. The number of rotatable bonds is 4. The maximum atomic E-state index is 8.74. The number of amidine groups is 1. The number of nitrogens with two attached hydrogens (primary N) is 1. The zero-order valence-electron chi connectivity index (χ0n) is 10.6. The van der Waals surface area contributed by atoms with Gasteiger partial charge in [-0.05, 0) is 35.5 Å². The second-order valence-electron chi connectivity index (χ2n) is 3.79. The number of nitrogens with one attached hydrogen (secondary N) is 2. The third-order valence-electron chi connectivity index (χ3n) is 2.37. The highest BCUT2D eigenvalue weighted by Gasteiger charge is 2.05. The van der Waals surface area contributed by atoms with Crippen LogP contribution >= 0.6 is 0 Å². The van der Waals surface area contributed by atoms with Gasteiger partial charge in [0.2, 0.25) is 5.71 Å². The molecule has 4 N–H and O–H groups in total. The number of anilines is 1. The van der Waals surface area contributed by atoms with E-state index in [0.29, 0.717) is 11.5 Å². The van der Waals surface area contributed by atoms with Crippen LogP contribution in [0.2, 0.25) is 0 Å². The summed E-state index contributed by atoms with van der Waals surface area (Å²) in [7, 11) is 0. The lowest BCUT2D eigenvalue weighted by molar-refractivity contribution is 0.779. The predicted octanol–water partition coefficient (Wildman–Crippen LogP) is 0.198. The molecule has 9 heteroatoms. The summed E-state index contributed by atoms with van der Waals surface area (Å²) in [6, 6.07) is 8.84. The number of aryl methyl sites for hydroxylation is 1. The van der Waals surface area contributed by atoms with Crippen LogP contribution in [0.1, 0.15) is 5.82 Å². The molecule has 1 heterocycles. The predicted molar refractivity (Wildman–Crippen MR) is 72.5 cm³/mol. The van der Waals surface area contributed by atoms with Crippen molar-refractivity contribution >= 4 is 17.2 Å². The SMILES string of the molecule is Cc1nnnn1-c1cccc(N/N=C(\C#N)C(=N)N)c1. The van der Waals surface area contributed by atoms with Gasteiger partial charge in [0.25, 0.3) is 0 Å². The van der Waals surface area contributed by atoms with Crippen LogP contribution in [0.5, 0.6) is 0 Å². The average molecular weight is 269 g/mol. The highest BCUT2D eigenvalue weighted by atomic mass is 15.5. The smallest absolute Gasteiger partial charge is 0.201 e. The molecular formula is C11H11N9. The molecular weight excluding hydrogens is 258 g/mol. The van der Waals surface area contributed by atoms with Crippen molar-refractivity contribution < 1.29 is 0 Å². The van der Waals surface area contributed by atoms with Crippen molar-refractivity contribution in [1.82, 2.24) is 20.2 Å². The molecule has 0 amide bonds. The molecule has 0 bridgehead atoms. The van der Waals surface area contributed by atoms with Gasteiger partial charge in [0, 0.05) is 0 Å². The van der Waals surface area contributed by atoms with Crippen LogP contribution in [0, 0.1) is 23.7 Å². The number of benzene rings is 1. The Morgan fingerprint density at radius 2 is 2.35 bits per heavy atom. The Kier molecular flexibility index (Phi) is 3.67. The van der Waals surface area contributed by atoms with E-state index >= 15 is 0 Å². The van der Waals surface area contributed by atoms with Crippen molar-refractivity contribution in [3.8, 4) is 11.8 Å². The molecule has 0 aliphatic heterocycles. The van der Waals surface area contributed by atoms with Crippen molar-refractivity contribution in [1.29, 1.82) is 10.7 Å². The standard InChI is InChI=1S/C11H11N9/c1-7-15-18-19-20(7)9-4-2-3-8(5-9)16-17-10(6-12)11(13)14/h2-5,16H,1H3,(H3,13,14)/b17-10+. The fourth-order valence-electron chi connectivity index (χ4n) is 1.44. The minimum absolute atomic E-state index is 0.186. The first-order valence-electron chi connectivity index (χ1n) is 5.55. The van der Waals surface area contributed by atoms with E-state index in [1.807, 2.05) is 6.07 Å². The monoisotopic (exact) mass is 269 g/mol. The van der Waals surface area contributed by atoms with E-state index in [9.17, 15) is 0 Å². The maximum absolute atomic E-state index is 8.74. The first-order valence-corrected chi connectivity index (χ1v) is 5.55. The highest BCUT2D eigenvalue weighted by Crippen LogP contribution is 2.14. The van der Waals surface area contributed by atoms with Gasteiger partial charge in [-0.2, -0.15) is 15.0 Å². The summed E-state index contributed by atoms with van der Waals surface area (Å²) in [5, 5.41) is 30.9. The molecule has 0 unspecified atom stereocenters.